The highest BCUT2D eigenvalue weighted by atomic mass is 16.7. The van der Waals surface area contributed by atoms with Gasteiger partial charge in [0, 0.05) is 18.3 Å². The van der Waals surface area contributed by atoms with E-state index in [1.165, 1.54) is 0 Å². The molecule has 0 fully saturated rings. The zero-order valence-electron chi connectivity index (χ0n) is 11.1. The first-order valence-corrected chi connectivity index (χ1v) is 6.69. The summed E-state index contributed by atoms with van der Waals surface area (Å²) in [7, 11) is 0. The Hall–Kier alpha value is -2.20. The number of anilines is 1. The summed E-state index contributed by atoms with van der Waals surface area (Å²) in [6, 6.07) is 15.4. The van der Waals surface area contributed by atoms with Gasteiger partial charge in [0.1, 0.15) is 0 Å². The largest absolute Gasteiger partial charge is 0.454 e. The normalized spacial score (nSPS) is 14.1. The number of aliphatic hydroxyl groups is 1. The van der Waals surface area contributed by atoms with Gasteiger partial charge in [-0.25, -0.2) is 0 Å². The van der Waals surface area contributed by atoms with Crippen molar-refractivity contribution in [1.82, 2.24) is 0 Å². The van der Waals surface area contributed by atoms with Crippen molar-refractivity contribution in [2.24, 2.45) is 0 Å². The number of nitrogens with one attached hydrogen (secondary N) is 1. The quantitative estimate of drug-likeness (QED) is 0.878. The van der Waals surface area contributed by atoms with Crippen molar-refractivity contribution in [2.75, 3.05) is 18.7 Å². The summed E-state index contributed by atoms with van der Waals surface area (Å²) in [4.78, 5) is 0. The van der Waals surface area contributed by atoms with Crippen LogP contribution < -0.4 is 14.8 Å². The van der Waals surface area contributed by atoms with Crippen LogP contribution in [0.5, 0.6) is 11.5 Å². The van der Waals surface area contributed by atoms with E-state index >= 15 is 0 Å². The molecule has 2 N–H and O–H groups in total. The van der Waals surface area contributed by atoms with Crippen LogP contribution in [-0.2, 0) is 0 Å². The second-order valence-corrected chi connectivity index (χ2v) is 4.71. The molecule has 0 aromatic heterocycles. The van der Waals surface area contributed by atoms with Gasteiger partial charge in [0.2, 0.25) is 6.79 Å². The number of hydrogen-bond acceptors (Lipinski definition) is 4. The number of rotatable bonds is 5. The van der Waals surface area contributed by atoms with Gasteiger partial charge in [-0.05, 0) is 24.1 Å². The van der Waals surface area contributed by atoms with Gasteiger partial charge in [0.25, 0.3) is 0 Å². The molecule has 1 aliphatic rings. The van der Waals surface area contributed by atoms with Crippen LogP contribution in [0, 0.1) is 0 Å². The Morgan fingerprint density at radius 2 is 1.85 bits per heavy atom. The zero-order chi connectivity index (χ0) is 13.8. The number of hydrogen-bond donors (Lipinski definition) is 2. The van der Waals surface area contributed by atoms with Crippen molar-refractivity contribution in [3.63, 3.8) is 0 Å². The third-order valence-electron chi connectivity index (χ3n) is 3.30. The molecule has 0 saturated carbocycles. The zero-order valence-corrected chi connectivity index (χ0v) is 11.1. The fourth-order valence-electron chi connectivity index (χ4n) is 2.20. The molecule has 1 aliphatic heterocycles. The summed E-state index contributed by atoms with van der Waals surface area (Å²) in [5.74, 6) is 1.54. The fraction of sp³-hybridized carbons (Fsp3) is 0.250. The lowest BCUT2D eigenvalue weighted by Gasteiger charge is -2.12. The van der Waals surface area contributed by atoms with Crippen LogP contribution in [0.25, 0.3) is 0 Å². The number of fused-ring (bicyclic) bond motifs is 1. The summed E-state index contributed by atoms with van der Waals surface area (Å²) in [5, 5.41) is 13.3. The number of benzene rings is 2. The Balaban J connectivity index is 1.53. The minimum atomic E-state index is -0.447. The first-order valence-electron chi connectivity index (χ1n) is 6.69. The average Bonchev–Trinajstić information content (AvgIpc) is 2.95. The Kier molecular flexibility index (Phi) is 3.74. The predicted octanol–water partition coefficient (Wildman–Crippen LogP) is 2.95. The first-order chi connectivity index (χ1) is 9.83. The van der Waals surface area contributed by atoms with Gasteiger partial charge in [-0.15, -0.1) is 0 Å². The summed E-state index contributed by atoms with van der Waals surface area (Å²) in [6.45, 7) is 0.973. The van der Waals surface area contributed by atoms with Gasteiger partial charge < -0.3 is 19.9 Å². The minimum absolute atomic E-state index is 0.283. The fourth-order valence-corrected chi connectivity index (χ4v) is 2.20. The molecule has 0 bridgehead atoms. The van der Waals surface area contributed by atoms with E-state index < -0.39 is 6.10 Å². The molecular formula is C16H17NO3. The highest BCUT2D eigenvalue weighted by Crippen LogP contribution is 2.34. The van der Waals surface area contributed by atoms with Crippen LogP contribution in [0.4, 0.5) is 5.69 Å². The summed E-state index contributed by atoms with van der Waals surface area (Å²) >= 11 is 0. The molecule has 1 heterocycles. The van der Waals surface area contributed by atoms with Crippen molar-refractivity contribution < 1.29 is 14.6 Å². The van der Waals surface area contributed by atoms with Crippen LogP contribution in [0.2, 0.25) is 0 Å². The minimum Gasteiger partial charge on any atom is -0.454 e. The molecule has 1 unspecified atom stereocenters. The van der Waals surface area contributed by atoms with Crippen LogP contribution in [0.3, 0.4) is 0 Å². The summed E-state index contributed by atoms with van der Waals surface area (Å²) < 4.78 is 10.6. The molecular weight excluding hydrogens is 254 g/mol. The summed E-state index contributed by atoms with van der Waals surface area (Å²) in [6.07, 6.45) is 0.205. The van der Waals surface area contributed by atoms with Crippen molar-refractivity contribution in [3.05, 3.63) is 54.1 Å². The highest BCUT2D eigenvalue weighted by Gasteiger charge is 2.13. The van der Waals surface area contributed by atoms with E-state index in [-0.39, 0.29) is 6.79 Å². The lowest BCUT2D eigenvalue weighted by Crippen LogP contribution is -2.07. The number of ether oxygens (including phenoxy) is 2. The smallest absolute Gasteiger partial charge is 0.231 e. The van der Waals surface area contributed by atoms with Crippen molar-refractivity contribution in [2.45, 2.75) is 12.5 Å². The topological polar surface area (TPSA) is 50.7 Å². The second kappa shape index (κ2) is 5.84. The molecule has 4 heteroatoms. The lowest BCUT2D eigenvalue weighted by atomic mass is 10.1. The first kappa shape index (κ1) is 12.8. The number of aliphatic hydroxyl groups excluding tert-OH is 1. The molecule has 0 radical (unpaired) electrons. The average molecular weight is 271 g/mol. The van der Waals surface area contributed by atoms with Gasteiger partial charge in [0.05, 0.1) is 6.10 Å². The van der Waals surface area contributed by atoms with E-state index in [0.717, 1.165) is 22.7 Å². The molecule has 20 heavy (non-hydrogen) atoms. The Labute approximate surface area is 118 Å². The Morgan fingerprint density at radius 1 is 1.05 bits per heavy atom. The summed E-state index contributed by atoms with van der Waals surface area (Å²) in [5.41, 5.74) is 1.91. The molecule has 3 rings (SSSR count). The van der Waals surface area contributed by atoms with Crippen molar-refractivity contribution in [1.29, 1.82) is 0 Å². The molecule has 0 spiro atoms. The SMILES string of the molecule is OC(CCNc1ccc2c(c1)OCO2)c1ccccc1. The second-order valence-electron chi connectivity index (χ2n) is 4.71. The Morgan fingerprint density at radius 3 is 2.70 bits per heavy atom. The maximum Gasteiger partial charge on any atom is 0.231 e. The molecule has 0 aliphatic carbocycles. The van der Waals surface area contributed by atoms with Crippen molar-refractivity contribution >= 4 is 5.69 Å². The van der Waals surface area contributed by atoms with Gasteiger partial charge in [-0.3, -0.25) is 0 Å². The van der Waals surface area contributed by atoms with Gasteiger partial charge in [0.15, 0.2) is 11.5 Å². The monoisotopic (exact) mass is 271 g/mol. The molecule has 2 aromatic rings. The molecule has 1 atom stereocenters. The van der Waals surface area contributed by atoms with E-state index in [2.05, 4.69) is 5.32 Å². The predicted molar refractivity (Wildman–Crippen MR) is 77.1 cm³/mol. The van der Waals surface area contributed by atoms with E-state index in [0.29, 0.717) is 13.0 Å². The van der Waals surface area contributed by atoms with Gasteiger partial charge in [-0.1, -0.05) is 30.3 Å². The van der Waals surface area contributed by atoms with Crippen LogP contribution >= 0.6 is 0 Å². The maximum atomic E-state index is 10.1. The molecule has 2 aromatic carbocycles. The van der Waals surface area contributed by atoms with Crippen LogP contribution in [0.15, 0.2) is 48.5 Å². The van der Waals surface area contributed by atoms with Crippen molar-refractivity contribution in [3.8, 4) is 11.5 Å². The molecule has 0 saturated heterocycles. The molecule has 4 nitrogen and oxygen atoms in total. The van der Waals surface area contributed by atoms with Gasteiger partial charge in [-0.2, -0.15) is 0 Å². The van der Waals surface area contributed by atoms with E-state index in [1.807, 2.05) is 48.5 Å². The highest BCUT2D eigenvalue weighted by molar-refractivity contribution is 5.55. The Bertz CT molecular complexity index is 571. The van der Waals surface area contributed by atoms with Crippen LogP contribution in [0.1, 0.15) is 18.1 Å². The van der Waals surface area contributed by atoms with E-state index in [1.54, 1.807) is 0 Å². The van der Waals surface area contributed by atoms with Gasteiger partial charge >= 0.3 is 0 Å². The molecule has 104 valence electrons. The maximum absolute atomic E-state index is 10.1. The van der Waals surface area contributed by atoms with E-state index in [4.69, 9.17) is 9.47 Å². The lowest BCUT2D eigenvalue weighted by molar-refractivity contribution is 0.171. The van der Waals surface area contributed by atoms with E-state index in [9.17, 15) is 5.11 Å². The third-order valence-corrected chi connectivity index (χ3v) is 3.30. The standard InChI is InChI=1S/C16H17NO3/c18-14(12-4-2-1-3-5-12)8-9-17-13-6-7-15-16(10-13)20-11-19-15/h1-7,10,14,17-18H,8-9,11H2. The molecule has 0 amide bonds. The van der Waals surface area contributed by atoms with Crippen LogP contribution in [-0.4, -0.2) is 18.4 Å². The third kappa shape index (κ3) is 2.86.